The first kappa shape index (κ1) is 10.0. The lowest BCUT2D eigenvalue weighted by Gasteiger charge is -2.15. The first-order valence-corrected chi connectivity index (χ1v) is 5.43. The minimum atomic E-state index is 0.714. The highest BCUT2D eigenvalue weighted by molar-refractivity contribution is 4.77. The van der Waals surface area contributed by atoms with Crippen molar-refractivity contribution in [2.75, 3.05) is 7.05 Å². The van der Waals surface area contributed by atoms with Crippen LogP contribution in [0.25, 0.3) is 0 Å². The van der Waals surface area contributed by atoms with E-state index >= 15 is 0 Å². The second kappa shape index (κ2) is 4.86. The summed E-state index contributed by atoms with van der Waals surface area (Å²) < 4.78 is 0. The van der Waals surface area contributed by atoms with Gasteiger partial charge in [-0.3, -0.25) is 0 Å². The van der Waals surface area contributed by atoms with Crippen molar-refractivity contribution in [1.29, 1.82) is 0 Å². The van der Waals surface area contributed by atoms with Gasteiger partial charge in [-0.05, 0) is 38.6 Å². The molecule has 0 spiro atoms. The van der Waals surface area contributed by atoms with E-state index in [1.165, 1.54) is 32.1 Å². The maximum atomic E-state index is 3.32. The second-order valence-electron chi connectivity index (χ2n) is 4.38. The van der Waals surface area contributed by atoms with Crippen molar-refractivity contribution in [1.82, 2.24) is 5.32 Å². The van der Waals surface area contributed by atoms with Crippen LogP contribution in [0.4, 0.5) is 0 Å². The van der Waals surface area contributed by atoms with Gasteiger partial charge in [0.15, 0.2) is 0 Å². The SMILES string of the molecule is CCC1CCC(CC(C)NC)C1. The van der Waals surface area contributed by atoms with Crippen molar-refractivity contribution in [2.24, 2.45) is 11.8 Å². The Bertz CT molecular complexity index is 122. The molecule has 0 amide bonds. The Hall–Kier alpha value is -0.0400. The van der Waals surface area contributed by atoms with Gasteiger partial charge in [0.25, 0.3) is 0 Å². The van der Waals surface area contributed by atoms with Crippen LogP contribution in [0.15, 0.2) is 0 Å². The highest BCUT2D eigenvalue weighted by Gasteiger charge is 2.23. The van der Waals surface area contributed by atoms with E-state index in [-0.39, 0.29) is 0 Å². The molecule has 12 heavy (non-hydrogen) atoms. The molecule has 0 aromatic heterocycles. The number of rotatable bonds is 4. The molecule has 1 saturated carbocycles. The molecule has 0 bridgehead atoms. The summed E-state index contributed by atoms with van der Waals surface area (Å²) in [6.07, 6.45) is 7.22. The average Bonchev–Trinajstić information content (AvgIpc) is 2.52. The lowest BCUT2D eigenvalue weighted by atomic mass is 9.97. The summed E-state index contributed by atoms with van der Waals surface area (Å²) in [5.74, 6) is 2.05. The number of nitrogens with one attached hydrogen (secondary N) is 1. The first-order chi connectivity index (χ1) is 5.76. The monoisotopic (exact) mass is 169 g/mol. The summed E-state index contributed by atoms with van der Waals surface area (Å²) in [5.41, 5.74) is 0. The fourth-order valence-electron chi connectivity index (χ4n) is 2.38. The zero-order valence-electron chi connectivity index (χ0n) is 8.77. The fourth-order valence-corrected chi connectivity index (χ4v) is 2.38. The highest BCUT2D eigenvalue weighted by atomic mass is 14.8. The van der Waals surface area contributed by atoms with E-state index in [4.69, 9.17) is 0 Å². The van der Waals surface area contributed by atoms with E-state index in [0.717, 1.165) is 11.8 Å². The third-order valence-corrected chi connectivity index (χ3v) is 3.41. The molecule has 1 nitrogen and oxygen atoms in total. The Morgan fingerprint density at radius 1 is 1.33 bits per heavy atom. The van der Waals surface area contributed by atoms with Gasteiger partial charge in [-0.15, -0.1) is 0 Å². The van der Waals surface area contributed by atoms with Crippen LogP contribution in [-0.4, -0.2) is 13.1 Å². The van der Waals surface area contributed by atoms with Crippen LogP contribution in [0.1, 0.15) is 46.0 Å². The molecule has 0 radical (unpaired) electrons. The molecule has 1 heteroatoms. The second-order valence-corrected chi connectivity index (χ2v) is 4.38. The Morgan fingerprint density at radius 3 is 2.50 bits per heavy atom. The summed E-state index contributed by atoms with van der Waals surface area (Å²) in [4.78, 5) is 0. The lowest BCUT2D eigenvalue weighted by Crippen LogP contribution is -2.23. The average molecular weight is 169 g/mol. The Kier molecular flexibility index (Phi) is 4.07. The maximum Gasteiger partial charge on any atom is 0.00383 e. The molecule has 3 atom stereocenters. The van der Waals surface area contributed by atoms with Gasteiger partial charge in [0.1, 0.15) is 0 Å². The van der Waals surface area contributed by atoms with E-state index in [1.54, 1.807) is 0 Å². The third-order valence-electron chi connectivity index (χ3n) is 3.41. The maximum absolute atomic E-state index is 3.32. The van der Waals surface area contributed by atoms with Gasteiger partial charge in [0.2, 0.25) is 0 Å². The first-order valence-electron chi connectivity index (χ1n) is 5.43. The summed E-state index contributed by atoms with van der Waals surface area (Å²) in [5, 5.41) is 3.32. The molecule has 0 saturated heterocycles. The van der Waals surface area contributed by atoms with E-state index in [1.807, 2.05) is 0 Å². The smallest absolute Gasteiger partial charge is 0.00383 e. The van der Waals surface area contributed by atoms with Gasteiger partial charge in [-0.2, -0.15) is 0 Å². The van der Waals surface area contributed by atoms with Gasteiger partial charge in [0.05, 0.1) is 0 Å². The molecular weight excluding hydrogens is 146 g/mol. The highest BCUT2D eigenvalue weighted by Crippen LogP contribution is 2.35. The van der Waals surface area contributed by atoms with E-state index in [9.17, 15) is 0 Å². The zero-order chi connectivity index (χ0) is 8.97. The molecule has 0 aromatic carbocycles. The van der Waals surface area contributed by atoms with Gasteiger partial charge in [0, 0.05) is 6.04 Å². The van der Waals surface area contributed by atoms with E-state index in [0.29, 0.717) is 6.04 Å². The molecule has 1 aliphatic rings. The van der Waals surface area contributed by atoms with Crippen molar-refractivity contribution in [3.8, 4) is 0 Å². The summed E-state index contributed by atoms with van der Waals surface area (Å²) in [6.45, 7) is 4.62. The van der Waals surface area contributed by atoms with Gasteiger partial charge < -0.3 is 5.32 Å². The Balaban J connectivity index is 2.18. The van der Waals surface area contributed by atoms with Crippen LogP contribution in [0, 0.1) is 11.8 Å². The van der Waals surface area contributed by atoms with Crippen molar-refractivity contribution >= 4 is 0 Å². The lowest BCUT2D eigenvalue weighted by molar-refractivity contribution is 0.404. The normalized spacial score (nSPS) is 32.2. The Morgan fingerprint density at radius 2 is 2.00 bits per heavy atom. The standard InChI is InChI=1S/C11H23N/c1-4-10-5-6-11(8-10)7-9(2)12-3/h9-12H,4-8H2,1-3H3. The van der Waals surface area contributed by atoms with Crippen molar-refractivity contribution in [2.45, 2.75) is 52.0 Å². The van der Waals surface area contributed by atoms with Gasteiger partial charge in [-0.1, -0.05) is 26.2 Å². The molecule has 0 heterocycles. The summed E-state index contributed by atoms with van der Waals surface area (Å²) >= 11 is 0. The van der Waals surface area contributed by atoms with Crippen LogP contribution >= 0.6 is 0 Å². The zero-order valence-corrected chi connectivity index (χ0v) is 8.77. The molecule has 1 fully saturated rings. The summed E-state index contributed by atoms with van der Waals surface area (Å²) in [7, 11) is 2.07. The minimum Gasteiger partial charge on any atom is -0.317 e. The molecule has 0 aromatic rings. The number of hydrogen-bond acceptors (Lipinski definition) is 1. The van der Waals surface area contributed by atoms with Crippen LogP contribution in [0.2, 0.25) is 0 Å². The van der Waals surface area contributed by atoms with Crippen LogP contribution < -0.4 is 5.32 Å². The predicted molar refractivity (Wildman–Crippen MR) is 54.3 cm³/mol. The molecular formula is C11H23N. The third kappa shape index (κ3) is 2.78. The molecule has 1 rings (SSSR count). The molecule has 3 unspecified atom stereocenters. The van der Waals surface area contributed by atoms with Gasteiger partial charge >= 0.3 is 0 Å². The van der Waals surface area contributed by atoms with Crippen LogP contribution in [-0.2, 0) is 0 Å². The fraction of sp³-hybridized carbons (Fsp3) is 1.00. The summed E-state index contributed by atoms with van der Waals surface area (Å²) in [6, 6.07) is 0.714. The molecule has 72 valence electrons. The minimum absolute atomic E-state index is 0.714. The Labute approximate surface area is 76.9 Å². The van der Waals surface area contributed by atoms with Crippen LogP contribution in [0.3, 0.4) is 0 Å². The topological polar surface area (TPSA) is 12.0 Å². The molecule has 0 aliphatic heterocycles. The van der Waals surface area contributed by atoms with Gasteiger partial charge in [-0.25, -0.2) is 0 Å². The van der Waals surface area contributed by atoms with E-state index < -0.39 is 0 Å². The van der Waals surface area contributed by atoms with Crippen molar-refractivity contribution < 1.29 is 0 Å². The van der Waals surface area contributed by atoms with Crippen molar-refractivity contribution in [3.63, 3.8) is 0 Å². The van der Waals surface area contributed by atoms with Crippen LogP contribution in [0.5, 0.6) is 0 Å². The van der Waals surface area contributed by atoms with E-state index in [2.05, 4.69) is 26.2 Å². The predicted octanol–water partition coefficient (Wildman–Crippen LogP) is 2.81. The molecule has 1 N–H and O–H groups in total. The largest absolute Gasteiger partial charge is 0.317 e. The molecule has 1 aliphatic carbocycles. The van der Waals surface area contributed by atoms with Crippen molar-refractivity contribution in [3.05, 3.63) is 0 Å². The number of hydrogen-bond donors (Lipinski definition) is 1. The quantitative estimate of drug-likeness (QED) is 0.682.